The molecule has 2 amide bonds. The van der Waals surface area contributed by atoms with Crippen LogP contribution in [0.15, 0.2) is 47.4 Å². The first-order valence-electron chi connectivity index (χ1n) is 11.3. The lowest BCUT2D eigenvalue weighted by Gasteiger charge is -2.38. The van der Waals surface area contributed by atoms with E-state index >= 15 is 0 Å². The standard InChI is InChI=1S/C24H29FN4O3/c25-18-8-10-19(11-9-18)26-23(31)21-7-5-14-28(24(21)32)17-22(30)29-15-2-1-6-20(29)16-27-12-3-4-13-27/h5,7-11,14,20H,1-4,6,12-13,15-17H2,(H,26,31). The number of rotatable bonds is 6. The minimum absolute atomic E-state index is 0.0584. The first-order valence-corrected chi connectivity index (χ1v) is 11.3. The summed E-state index contributed by atoms with van der Waals surface area (Å²) < 4.78 is 14.4. The highest BCUT2D eigenvalue weighted by atomic mass is 19.1. The van der Waals surface area contributed by atoms with Crippen LogP contribution in [0.25, 0.3) is 0 Å². The van der Waals surface area contributed by atoms with E-state index in [0.717, 1.165) is 38.9 Å². The van der Waals surface area contributed by atoms with Gasteiger partial charge >= 0.3 is 0 Å². The number of anilines is 1. The van der Waals surface area contributed by atoms with Crippen molar-refractivity contribution in [3.63, 3.8) is 0 Å². The molecule has 1 aromatic carbocycles. The first-order chi connectivity index (χ1) is 15.5. The zero-order valence-electron chi connectivity index (χ0n) is 18.1. The second-order valence-electron chi connectivity index (χ2n) is 8.56. The molecule has 2 aliphatic heterocycles. The predicted molar refractivity (Wildman–Crippen MR) is 120 cm³/mol. The van der Waals surface area contributed by atoms with Gasteiger partial charge in [-0.3, -0.25) is 14.4 Å². The molecule has 0 spiro atoms. The van der Waals surface area contributed by atoms with Crippen LogP contribution in [0.3, 0.4) is 0 Å². The Hall–Kier alpha value is -3.00. The topological polar surface area (TPSA) is 74.7 Å². The largest absolute Gasteiger partial charge is 0.337 e. The van der Waals surface area contributed by atoms with Crippen molar-refractivity contribution in [3.8, 4) is 0 Å². The van der Waals surface area contributed by atoms with E-state index < -0.39 is 17.3 Å². The molecule has 1 atom stereocenters. The van der Waals surface area contributed by atoms with Crippen molar-refractivity contribution in [1.29, 1.82) is 0 Å². The van der Waals surface area contributed by atoms with Crippen LogP contribution in [0.4, 0.5) is 10.1 Å². The number of carbonyl (C=O) groups excluding carboxylic acids is 2. The van der Waals surface area contributed by atoms with Crippen LogP contribution in [0.1, 0.15) is 42.5 Å². The molecule has 32 heavy (non-hydrogen) atoms. The van der Waals surface area contributed by atoms with Crippen molar-refractivity contribution >= 4 is 17.5 Å². The molecule has 2 aliphatic rings. The van der Waals surface area contributed by atoms with E-state index in [-0.39, 0.29) is 24.1 Å². The summed E-state index contributed by atoms with van der Waals surface area (Å²) in [5.41, 5.74) is -0.189. The molecule has 7 nitrogen and oxygen atoms in total. The summed E-state index contributed by atoms with van der Waals surface area (Å²) in [7, 11) is 0. The molecule has 2 saturated heterocycles. The van der Waals surface area contributed by atoms with E-state index in [1.807, 2.05) is 4.90 Å². The van der Waals surface area contributed by atoms with E-state index in [0.29, 0.717) is 12.2 Å². The summed E-state index contributed by atoms with van der Waals surface area (Å²) >= 11 is 0. The number of hydrogen-bond donors (Lipinski definition) is 1. The Bertz CT molecular complexity index is 1010. The molecule has 0 radical (unpaired) electrons. The maximum absolute atomic E-state index is 13.1. The summed E-state index contributed by atoms with van der Waals surface area (Å²) in [6, 6.07) is 8.51. The van der Waals surface area contributed by atoms with Gasteiger partial charge < -0.3 is 19.7 Å². The highest BCUT2D eigenvalue weighted by molar-refractivity contribution is 6.04. The molecule has 4 rings (SSSR count). The van der Waals surface area contributed by atoms with Gasteiger partial charge in [-0.1, -0.05) is 0 Å². The Balaban J connectivity index is 1.45. The summed E-state index contributed by atoms with van der Waals surface area (Å²) in [5.74, 6) is -1.09. The van der Waals surface area contributed by atoms with Gasteiger partial charge in [-0.15, -0.1) is 0 Å². The maximum atomic E-state index is 13.1. The average molecular weight is 441 g/mol. The number of amides is 2. The summed E-state index contributed by atoms with van der Waals surface area (Å²) in [4.78, 5) is 42.9. The van der Waals surface area contributed by atoms with Crippen molar-refractivity contribution in [2.75, 3.05) is 31.5 Å². The van der Waals surface area contributed by atoms with Crippen LogP contribution < -0.4 is 10.9 Å². The van der Waals surface area contributed by atoms with Crippen LogP contribution in [0, 0.1) is 5.82 Å². The lowest BCUT2D eigenvalue weighted by atomic mass is 10.0. The molecule has 0 bridgehead atoms. The molecule has 3 heterocycles. The third-order valence-electron chi connectivity index (χ3n) is 6.29. The lowest BCUT2D eigenvalue weighted by molar-refractivity contribution is -0.136. The van der Waals surface area contributed by atoms with E-state index in [1.54, 1.807) is 6.07 Å². The second kappa shape index (κ2) is 10.1. The molecular formula is C24H29FN4O3. The van der Waals surface area contributed by atoms with Gasteiger partial charge in [-0.2, -0.15) is 0 Å². The average Bonchev–Trinajstić information content (AvgIpc) is 3.30. The Kier molecular flexibility index (Phi) is 6.99. The number of halogens is 1. The van der Waals surface area contributed by atoms with Crippen molar-refractivity contribution in [2.24, 2.45) is 0 Å². The fourth-order valence-electron chi connectivity index (χ4n) is 4.58. The van der Waals surface area contributed by atoms with Gasteiger partial charge in [0.25, 0.3) is 11.5 Å². The molecule has 8 heteroatoms. The quantitative estimate of drug-likeness (QED) is 0.750. The number of pyridine rings is 1. The van der Waals surface area contributed by atoms with Crippen molar-refractivity contribution in [1.82, 2.24) is 14.4 Å². The van der Waals surface area contributed by atoms with Gasteiger partial charge in [0.15, 0.2) is 0 Å². The van der Waals surface area contributed by atoms with E-state index in [9.17, 15) is 18.8 Å². The zero-order chi connectivity index (χ0) is 22.5. The van der Waals surface area contributed by atoms with Gasteiger partial charge in [0.05, 0.1) is 0 Å². The lowest BCUT2D eigenvalue weighted by Crippen LogP contribution is -2.50. The Morgan fingerprint density at radius 1 is 1.00 bits per heavy atom. The molecule has 0 aliphatic carbocycles. The van der Waals surface area contributed by atoms with Gasteiger partial charge in [-0.05, 0) is 81.6 Å². The van der Waals surface area contributed by atoms with Crippen LogP contribution in [-0.4, -0.2) is 58.4 Å². The predicted octanol–water partition coefficient (Wildman–Crippen LogP) is 2.72. The van der Waals surface area contributed by atoms with Crippen LogP contribution in [-0.2, 0) is 11.3 Å². The summed E-state index contributed by atoms with van der Waals surface area (Å²) in [5, 5.41) is 2.60. The highest BCUT2D eigenvalue weighted by Crippen LogP contribution is 2.20. The number of likely N-dealkylation sites (tertiary alicyclic amines) is 2. The van der Waals surface area contributed by atoms with E-state index in [2.05, 4.69) is 10.2 Å². The third-order valence-corrected chi connectivity index (χ3v) is 6.29. The second-order valence-corrected chi connectivity index (χ2v) is 8.56. The van der Waals surface area contributed by atoms with Gasteiger partial charge in [0.2, 0.25) is 5.91 Å². The van der Waals surface area contributed by atoms with E-state index in [4.69, 9.17) is 0 Å². The molecule has 0 saturated carbocycles. The Morgan fingerprint density at radius 2 is 1.72 bits per heavy atom. The van der Waals surface area contributed by atoms with Crippen LogP contribution in [0.2, 0.25) is 0 Å². The van der Waals surface area contributed by atoms with Gasteiger partial charge in [0, 0.05) is 31.0 Å². The Morgan fingerprint density at radius 3 is 2.47 bits per heavy atom. The summed E-state index contributed by atoms with van der Waals surface area (Å²) in [6.07, 6.45) is 7.02. The van der Waals surface area contributed by atoms with Crippen molar-refractivity contribution < 1.29 is 14.0 Å². The van der Waals surface area contributed by atoms with Crippen LogP contribution in [0.5, 0.6) is 0 Å². The number of nitrogens with one attached hydrogen (secondary N) is 1. The molecule has 1 unspecified atom stereocenters. The number of hydrogen-bond acceptors (Lipinski definition) is 4. The molecule has 170 valence electrons. The third kappa shape index (κ3) is 5.24. The minimum atomic E-state index is -0.590. The molecule has 1 aromatic heterocycles. The van der Waals surface area contributed by atoms with Gasteiger partial charge in [0.1, 0.15) is 17.9 Å². The fraction of sp³-hybridized carbons (Fsp3) is 0.458. The first kappa shape index (κ1) is 22.2. The zero-order valence-corrected chi connectivity index (χ0v) is 18.1. The smallest absolute Gasteiger partial charge is 0.263 e. The SMILES string of the molecule is O=C(Nc1ccc(F)cc1)c1cccn(CC(=O)N2CCCCC2CN2CCCC2)c1=O. The number of nitrogens with zero attached hydrogens (tertiary/aromatic N) is 3. The maximum Gasteiger partial charge on any atom is 0.263 e. The fourth-order valence-corrected chi connectivity index (χ4v) is 4.58. The molecule has 2 aromatic rings. The molecule has 1 N–H and O–H groups in total. The Labute approximate surface area is 186 Å². The summed E-state index contributed by atoms with van der Waals surface area (Å²) in [6.45, 7) is 3.68. The molecular weight excluding hydrogens is 411 g/mol. The number of aromatic nitrogens is 1. The highest BCUT2D eigenvalue weighted by Gasteiger charge is 2.29. The van der Waals surface area contributed by atoms with Gasteiger partial charge in [-0.25, -0.2) is 4.39 Å². The normalized spacial score (nSPS) is 19.2. The monoisotopic (exact) mass is 440 g/mol. The van der Waals surface area contributed by atoms with E-state index in [1.165, 1.54) is 53.9 Å². The van der Waals surface area contributed by atoms with Crippen LogP contribution >= 0.6 is 0 Å². The van der Waals surface area contributed by atoms with Crippen molar-refractivity contribution in [3.05, 3.63) is 64.3 Å². The molecule has 2 fully saturated rings. The number of piperidine rings is 1. The number of carbonyl (C=O) groups is 2. The minimum Gasteiger partial charge on any atom is -0.337 e. The van der Waals surface area contributed by atoms with Crippen molar-refractivity contribution in [2.45, 2.75) is 44.7 Å². The number of benzene rings is 1.